The molecule has 4 aromatic heterocycles. The maximum atomic E-state index is 14.1. The van der Waals surface area contributed by atoms with E-state index in [0.717, 1.165) is 113 Å². The molecule has 8 aliphatic heterocycles. The number of hydrogen-bond acceptors (Lipinski definition) is 13. The number of carbonyl (C=O) groups excluding carboxylic acids is 11. The molecule has 684 valence electrons. The Kier molecular flexibility index (Phi) is 28.2. The smallest absolute Gasteiger partial charge is 0.256 e. The van der Waals surface area contributed by atoms with Crippen LogP contribution >= 0.6 is 63.7 Å². The number of ether oxygens (including phenoxy) is 2. The fraction of sp³-hybridized carbons (Fsp3) is 0.337. The number of likely N-dealkylation sites (tertiary alicyclic amines) is 5. The maximum absolute atomic E-state index is 14.1. The van der Waals surface area contributed by atoms with Gasteiger partial charge in [-0.25, -0.2) is 4.39 Å². The number of ketones is 2. The fourth-order valence-corrected chi connectivity index (χ4v) is 21.3. The number of hydrogen-bond donors (Lipinski definition) is 1. The summed E-state index contributed by atoms with van der Waals surface area (Å²) in [7, 11) is 1.68. The lowest BCUT2D eigenvalue weighted by molar-refractivity contribution is -0.142. The normalized spacial score (nSPS) is 17.3. The minimum Gasteiger partial charge on any atom is -0.496 e. The summed E-state index contributed by atoms with van der Waals surface area (Å²) in [6.45, 7) is 29.1. The summed E-state index contributed by atoms with van der Waals surface area (Å²) in [6, 6.07) is 42.2. The number of halogens is 5. The minimum atomic E-state index is -0.384. The van der Waals surface area contributed by atoms with Crippen molar-refractivity contribution in [3.8, 4) is 5.75 Å². The molecule has 2 unspecified atom stereocenters. The van der Waals surface area contributed by atoms with Gasteiger partial charge in [0.2, 0.25) is 35.4 Å². The second-order valence-corrected chi connectivity index (χ2v) is 38.5. The van der Waals surface area contributed by atoms with E-state index in [-0.39, 0.29) is 126 Å². The first-order valence-corrected chi connectivity index (χ1v) is 47.4. The zero-order chi connectivity index (χ0) is 93.4. The predicted octanol–water partition coefficient (Wildman–Crippen LogP) is 14.7. The van der Waals surface area contributed by atoms with E-state index in [9.17, 15) is 57.1 Å². The molecule has 12 heterocycles. The van der Waals surface area contributed by atoms with Gasteiger partial charge in [0.15, 0.2) is 11.6 Å². The number of morpholine rings is 1. The molecule has 6 fully saturated rings. The minimum absolute atomic E-state index is 0.00434. The molecule has 7 aromatic carbocycles. The lowest BCUT2D eigenvalue weighted by atomic mass is 9.94. The lowest BCUT2D eigenvalue weighted by Crippen LogP contribution is -2.61. The third kappa shape index (κ3) is 19.1. The summed E-state index contributed by atoms with van der Waals surface area (Å²) in [5, 5.41) is 7.71. The van der Waals surface area contributed by atoms with Crippen LogP contribution in [-0.4, -0.2) is 239 Å². The largest absolute Gasteiger partial charge is 0.496 e. The van der Waals surface area contributed by atoms with Gasteiger partial charge < -0.3 is 72.3 Å². The molecular weight excluding hydrogens is 1940 g/mol. The molecule has 0 bridgehead atoms. The summed E-state index contributed by atoms with van der Waals surface area (Å²) in [5.74, 6) is 0.543. The molecule has 0 aliphatic carbocycles. The van der Waals surface area contributed by atoms with Crippen molar-refractivity contribution in [3.63, 3.8) is 0 Å². The van der Waals surface area contributed by atoms with Gasteiger partial charge in [-0.05, 0) is 166 Å². The molecule has 26 nitrogen and oxygen atoms in total. The predicted molar refractivity (Wildman–Crippen MR) is 518 cm³/mol. The highest BCUT2D eigenvalue weighted by molar-refractivity contribution is 9.11. The van der Waals surface area contributed by atoms with Crippen molar-refractivity contribution < 1.29 is 66.6 Å². The molecule has 6 saturated heterocycles. The number of nitrogens with zero attached hydrogens (tertiary/aromatic N) is 12. The average molecular weight is 2040 g/mol. The van der Waals surface area contributed by atoms with Gasteiger partial charge in [0.25, 0.3) is 17.7 Å². The molecule has 11 aromatic rings. The van der Waals surface area contributed by atoms with E-state index >= 15 is 0 Å². The lowest BCUT2D eigenvalue weighted by Gasteiger charge is -2.43. The van der Waals surface area contributed by atoms with E-state index < -0.39 is 0 Å². The summed E-state index contributed by atoms with van der Waals surface area (Å²) in [5.41, 5.74) is 11.8. The molecule has 132 heavy (non-hydrogen) atoms. The first kappa shape index (κ1) is 93.3. The topological polar surface area (TPSA) is 264 Å². The molecular formula is C101H102Br4FN13O13. The van der Waals surface area contributed by atoms with Crippen molar-refractivity contribution >= 4 is 183 Å². The first-order chi connectivity index (χ1) is 63.5. The van der Waals surface area contributed by atoms with Gasteiger partial charge in [0.05, 0.1) is 67.2 Å². The Hall–Kier alpha value is -11.9. The third-order valence-electron chi connectivity index (χ3n) is 26.4. The van der Waals surface area contributed by atoms with Crippen molar-refractivity contribution in [1.82, 2.24) is 62.8 Å². The van der Waals surface area contributed by atoms with Crippen molar-refractivity contribution in [2.45, 2.75) is 110 Å². The Morgan fingerprint density at radius 1 is 0.508 bits per heavy atom. The molecule has 31 heteroatoms. The number of aromatic nitrogens is 4. The fourth-order valence-electron chi connectivity index (χ4n) is 19.7. The monoisotopic (exact) mass is 2040 g/mol. The van der Waals surface area contributed by atoms with Gasteiger partial charge >= 0.3 is 0 Å². The van der Waals surface area contributed by atoms with Crippen molar-refractivity contribution in [1.29, 1.82) is 0 Å². The second kappa shape index (κ2) is 39.9. The van der Waals surface area contributed by atoms with E-state index in [0.29, 0.717) is 153 Å². The number of fused-ring (bicyclic) bond motifs is 8. The quantitative estimate of drug-likeness (QED) is 0.0657. The third-order valence-corrected chi connectivity index (χ3v) is 28.6. The SMILES string of the molecule is C=CC(=O)N1CC(CC(=O)Cn2c(C)c(C(=O)N3CCOC(C)C3)c3cc(Br)ccc32)C1.C=CC(=O)N1CC(CC(=O)Cn2cc(C(=O)N3CCc4c(F)cccc4C3)c3cc(Br)ccc32)C1.C=CC(=O)N1CC(N2CCC(n3c(C)c(C(=O)N4CCc5c(cccc5OC)C4)c4cc(Br)ccc43)C2=O)C1.C=CC(=O)N1CC(NC(=O)Cn2c3ccccc3c3c(Br)cccc32)C1. The van der Waals surface area contributed by atoms with Gasteiger partial charge in [-0.2, -0.15) is 0 Å². The van der Waals surface area contributed by atoms with Crippen LogP contribution in [0.2, 0.25) is 0 Å². The van der Waals surface area contributed by atoms with Crippen LogP contribution in [0.5, 0.6) is 5.75 Å². The number of Topliss-reactive ketones (excluding diaryl/α,β-unsaturated/α-hetero) is 2. The summed E-state index contributed by atoms with van der Waals surface area (Å²) in [6.07, 6.45) is 9.64. The van der Waals surface area contributed by atoms with Gasteiger partial charge in [-0.3, -0.25) is 52.7 Å². The number of methoxy groups -OCH3 is 1. The van der Waals surface area contributed by atoms with Crippen molar-refractivity contribution in [2.24, 2.45) is 11.8 Å². The number of para-hydroxylation sites is 1. The standard InChI is InChI=1S/C30H31BrN4O4.C27H25BrFN3O3.C24H28BrN3O4.C20H18BrN3O2/c1-4-27(36)33-16-21(17-33)34-13-11-25(29(34)37)35-18(2)28(23-14-20(31)8-9-24(23)35)30(38)32-12-10-22-19(15-32)6-5-7-26(22)39-3;1-2-26(34)32-12-17(13-32)10-20(33)15-31-16-23(22-11-19(28)6-7-25(22)31)27(35)30-9-8-21-18(14-30)4-3-5-24(21)29;1-4-22(30)27-12-17(13-27)9-19(29)14-28-16(3)23(20-10-18(25)5-6-21(20)28)24(31)26-7-8-32-15(2)11-26;1-2-19(26)23-10-13(11-23)22-18(25)12-24-16-8-4-3-6-14(16)20-15(21)7-5-9-17(20)24/h4-9,14,21,25H,1,10-13,15-17H2,2-3H3;2-7,11,16-17H,1,8-10,12-15H2;4-6,10,15,17H,1,7-9,11-14H2,2-3H3;2-9,13H,1,10-12H2,(H,22,25). The molecule has 19 rings (SSSR count). The number of carbonyl (C=O) groups is 11. The zero-order valence-corrected chi connectivity index (χ0v) is 80.3. The molecule has 0 spiro atoms. The number of amides is 9. The Labute approximate surface area is 797 Å². The van der Waals surface area contributed by atoms with E-state index in [1.165, 1.54) is 30.4 Å². The molecule has 1 N–H and O–H groups in total. The van der Waals surface area contributed by atoms with E-state index in [2.05, 4.69) is 112 Å². The highest BCUT2D eigenvalue weighted by Gasteiger charge is 2.45. The first-order valence-electron chi connectivity index (χ1n) is 44.2. The molecule has 0 saturated carbocycles. The van der Waals surface area contributed by atoms with E-state index in [1.54, 1.807) is 43.9 Å². The van der Waals surface area contributed by atoms with Gasteiger partial charge in [0, 0.05) is 213 Å². The Morgan fingerprint density at radius 3 is 1.66 bits per heavy atom. The van der Waals surface area contributed by atoms with Crippen LogP contribution < -0.4 is 10.1 Å². The zero-order valence-electron chi connectivity index (χ0n) is 73.9. The molecule has 8 aliphatic rings. The van der Waals surface area contributed by atoms with Crippen molar-refractivity contribution in [3.05, 3.63) is 264 Å². The highest BCUT2D eigenvalue weighted by Crippen LogP contribution is 2.41. The summed E-state index contributed by atoms with van der Waals surface area (Å²) >= 11 is 14.2. The van der Waals surface area contributed by atoms with Crippen LogP contribution in [0.3, 0.4) is 0 Å². The maximum Gasteiger partial charge on any atom is 0.256 e. The second-order valence-electron chi connectivity index (χ2n) is 34.9. The Bertz CT molecular complexity index is 6550. The van der Waals surface area contributed by atoms with Crippen LogP contribution in [0.4, 0.5) is 4.39 Å². The van der Waals surface area contributed by atoms with Crippen LogP contribution in [0.1, 0.15) is 96.9 Å². The van der Waals surface area contributed by atoms with E-state index in [4.69, 9.17) is 9.47 Å². The summed E-state index contributed by atoms with van der Waals surface area (Å²) < 4.78 is 36.8. The van der Waals surface area contributed by atoms with Crippen molar-refractivity contribution in [2.75, 3.05) is 98.8 Å². The van der Waals surface area contributed by atoms with Crippen LogP contribution in [0.15, 0.2) is 208 Å². The number of rotatable bonds is 21. The van der Waals surface area contributed by atoms with Crippen LogP contribution in [0.25, 0.3) is 54.5 Å². The summed E-state index contributed by atoms with van der Waals surface area (Å²) in [4.78, 5) is 154. The Balaban J connectivity index is 0.000000130. The van der Waals surface area contributed by atoms with Crippen LogP contribution in [-0.2, 0) is 88.7 Å². The van der Waals surface area contributed by atoms with Gasteiger partial charge in [-0.1, -0.05) is 139 Å². The number of benzene rings is 7. The molecule has 2 atom stereocenters. The van der Waals surface area contributed by atoms with Gasteiger partial charge in [-0.15, -0.1) is 0 Å². The van der Waals surface area contributed by atoms with Gasteiger partial charge in [0.1, 0.15) is 24.2 Å². The Morgan fingerprint density at radius 2 is 1.03 bits per heavy atom. The highest BCUT2D eigenvalue weighted by atomic mass is 79.9. The average Bonchev–Trinajstić information content (AvgIpc) is 1.58. The number of nitrogens with one attached hydrogen (secondary N) is 1. The molecule has 0 radical (unpaired) electrons. The molecule has 9 amide bonds. The van der Waals surface area contributed by atoms with E-state index in [1.807, 2.05) is 158 Å². The van der Waals surface area contributed by atoms with Crippen LogP contribution in [0, 0.1) is 31.5 Å².